The van der Waals surface area contributed by atoms with E-state index in [9.17, 15) is 43.2 Å². The second-order valence-corrected chi connectivity index (χ2v) is 23.0. The van der Waals surface area contributed by atoms with Crippen molar-refractivity contribution < 1.29 is 80.2 Å². The number of carbonyl (C=O) groups excluding carboxylic acids is 4. The molecule has 0 rings (SSSR count). The molecule has 3 N–H and O–H groups in total. The van der Waals surface area contributed by atoms with Crippen LogP contribution in [0.2, 0.25) is 0 Å². The first-order valence-electron chi connectivity index (χ1n) is 28.6. The summed E-state index contributed by atoms with van der Waals surface area (Å²) < 4.78 is 67.3. The second kappa shape index (κ2) is 48.4. The van der Waals surface area contributed by atoms with E-state index in [0.29, 0.717) is 25.7 Å². The number of hydrogen-bond acceptors (Lipinski definition) is 15. The van der Waals surface area contributed by atoms with Gasteiger partial charge in [0.15, 0.2) is 12.2 Å². The monoisotopic (exact) mass is 1090 g/mol. The van der Waals surface area contributed by atoms with E-state index in [1.165, 1.54) is 70.6 Å². The van der Waals surface area contributed by atoms with Gasteiger partial charge in [-0.05, 0) is 31.6 Å². The van der Waals surface area contributed by atoms with E-state index in [1.807, 2.05) is 0 Å². The van der Waals surface area contributed by atoms with Gasteiger partial charge in [0.25, 0.3) is 0 Å². The number of carbonyl (C=O) groups is 4. The summed E-state index contributed by atoms with van der Waals surface area (Å²) in [4.78, 5) is 71.3. The molecular weight excluding hydrogens is 983 g/mol. The molecule has 0 aromatic heterocycles. The molecule has 19 heteroatoms. The Hall–Kier alpha value is -1.94. The zero-order valence-electron chi connectivity index (χ0n) is 46.3. The minimum Gasteiger partial charge on any atom is -0.462 e. The number of ether oxygens (including phenoxy) is 4. The van der Waals surface area contributed by atoms with Crippen molar-refractivity contribution in [2.24, 2.45) is 5.92 Å². The molecule has 0 aromatic rings. The average molecular weight is 1090 g/mol. The summed E-state index contributed by atoms with van der Waals surface area (Å²) in [6.07, 6.45) is 28.4. The molecule has 432 valence electrons. The Morgan fingerprint density at radius 3 is 0.932 bits per heavy atom. The van der Waals surface area contributed by atoms with Gasteiger partial charge >= 0.3 is 39.5 Å². The van der Waals surface area contributed by atoms with Crippen LogP contribution in [0.1, 0.15) is 259 Å². The van der Waals surface area contributed by atoms with Crippen LogP contribution in [0.4, 0.5) is 0 Å². The van der Waals surface area contributed by atoms with Crippen LogP contribution in [-0.4, -0.2) is 96.7 Å². The molecule has 0 saturated heterocycles. The van der Waals surface area contributed by atoms with E-state index in [4.69, 9.17) is 37.0 Å². The fourth-order valence-electron chi connectivity index (χ4n) is 7.81. The molecular formula is C54H104O17P2. The summed E-state index contributed by atoms with van der Waals surface area (Å²) in [6.45, 7) is 6.94. The summed E-state index contributed by atoms with van der Waals surface area (Å²) in [5.41, 5.74) is 0. The third-order valence-electron chi connectivity index (χ3n) is 12.3. The summed E-state index contributed by atoms with van der Waals surface area (Å²) in [5.74, 6) is -1.45. The van der Waals surface area contributed by atoms with Crippen molar-refractivity contribution in [1.29, 1.82) is 0 Å². The highest BCUT2D eigenvalue weighted by Gasteiger charge is 2.30. The Morgan fingerprint density at radius 2 is 0.630 bits per heavy atom. The normalized spacial score (nSPS) is 14.5. The minimum atomic E-state index is -4.93. The molecule has 0 spiro atoms. The first-order chi connectivity index (χ1) is 35.0. The van der Waals surface area contributed by atoms with Crippen molar-refractivity contribution in [2.45, 2.75) is 278 Å². The lowest BCUT2D eigenvalue weighted by Gasteiger charge is -2.21. The standard InChI is InChI=1S/C54H104O17P2/c1-6-9-12-15-17-19-24-28-33-38-52(57)65-44-50(71-54(59)40-35-30-25-21-20-22-27-31-36-47(4)5)46-69-73(62,63)67-42-48(55)41-66-72(60,61)68-45-49(43-64-51(56)37-32-26-14-11-8-3)70-53(58)39-34-29-23-18-16-13-10-7-2/h47-50,55H,6-46H2,1-5H3,(H,60,61)(H,62,63)/t48-,49+,50+/m0/s1. The fourth-order valence-corrected chi connectivity index (χ4v) is 9.39. The summed E-state index contributed by atoms with van der Waals surface area (Å²) in [6, 6.07) is 0. The van der Waals surface area contributed by atoms with Crippen LogP contribution in [0.3, 0.4) is 0 Å². The van der Waals surface area contributed by atoms with Gasteiger partial charge in [0, 0.05) is 25.7 Å². The quantitative estimate of drug-likeness (QED) is 0.0222. The van der Waals surface area contributed by atoms with Crippen LogP contribution in [0.25, 0.3) is 0 Å². The van der Waals surface area contributed by atoms with Crippen molar-refractivity contribution in [2.75, 3.05) is 39.6 Å². The molecule has 0 saturated carbocycles. The number of phosphoric ester groups is 2. The number of unbranched alkanes of at least 4 members (excludes halogenated alkanes) is 26. The molecule has 73 heavy (non-hydrogen) atoms. The Labute approximate surface area is 441 Å². The Balaban J connectivity index is 5.18. The van der Waals surface area contributed by atoms with E-state index in [0.717, 1.165) is 109 Å². The smallest absolute Gasteiger partial charge is 0.462 e. The highest BCUT2D eigenvalue weighted by Crippen LogP contribution is 2.45. The molecule has 0 bridgehead atoms. The van der Waals surface area contributed by atoms with E-state index in [1.54, 1.807) is 0 Å². The number of hydrogen-bond donors (Lipinski definition) is 3. The van der Waals surface area contributed by atoms with Crippen LogP contribution in [0, 0.1) is 5.92 Å². The highest BCUT2D eigenvalue weighted by molar-refractivity contribution is 7.47. The lowest BCUT2D eigenvalue weighted by molar-refractivity contribution is -0.161. The first kappa shape index (κ1) is 71.1. The predicted molar refractivity (Wildman–Crippen MR) is 285 cm³/mol. The molecule has 0 amide bonds. The number of rotatable bonds is 54. The van der Waals surface area contributed by atoms with Gasteiger partial charge in [0.05, 0.1) is 26.4 Å². The maximum absolute atomic E-state index is 12.9. The van der Waals surface area contributed by atoms with Gasteiger partial charge in [-0.3, -0.25) is 37.3 Å². The van der Waals surface area contributed by atoms with Crippen molar-refractivity contribution in [3.63, 3.8) is 0 Å². The highest BCUT2D eigenvalue weighted by atomic mass is 31.2. The molecule has 0 heterocycles. The van der Waals surface area contributed by atoms with Crippen molar-refractivity contribution >= 4 is 39.5 Å². The van der Waals surface area contributed by atoms with Crippen molar-refractivity contribution in [3.05, 3.63) is 0 Å². The average Bonchev–Trinajstić information content (AvgIpc) is 3.35. The topological polar surface area (TPSA) is 237 Å². The van der Waals surface area contributed by atoms with Gasteiger partial charge in [-0.1, -0.05) is 208 Å². The first-order valence-corrected chi connectivity index (χ1v) is 31.6. The maximum Gasteiger partial charge on any atom is 0.472 e. The van der Waals surface area contributed by atoms with Crippen molar-refractivity contribution in [3.8, 4) is 0 Å². The molecule has 0 radical (unpaired) electrons. The van der Waals surface area contributed by atoms with Crippen LogP contribution in [0.5, 0.6) is 0 Å². The lowest BCUT2D eigenvalue weighted by atomic mass is 10.0. The van der Waals surface area contributed by atoms with E-state index in [2.05, 4.69) is 34.6 Å². The number of aliphatic hydroxyl groups is 1. The molecule has 0 aliphatic heterocycles. The predicted octanol–water partition coefficient (Wildman–Crippen LogP) is 13.9. The molecule has 17 nitrogen and oxygen atoms in total. The second-order valence-electron chi connectivity index (χ2n) is 20.1. The van der Waals surface area contributed by atoms with E-state index < -0.39 is 97.5 Å². The fraction of sp³-hybridized carbons (Fsp3) is 0.926. The molecule has 0 aliphatic rings. The summed E-state index contributed by atoms with van der Waals surface area (Å²) in [5, 5.41) is 10.4. The molecule has 0 aliphatic carbocycles. The minimum absolute atomic E-state index is 0.104. The number of esters is 4. The zero-order chi connectivity index (χ0) is 54.3. The van der Waals surface area contributed by atoms with Crippen LogP contribution in [0.15, 0.2) is 0 Å². The largest absolute Gasteiger partial charge is 0.472 e. The van der Waals surface area contributed by atoms with Gasteiger partial charge in [-0.25, -0.2) is 9.13 Å². The van der Waals surface area contributed by atoms with Gasteiger partial charge in [-0.15, -0.1) is 0 Å². The SMILES string of the molecule is CCCCCCCCCCCC(=O)OC[C@H](COP(=O)(O)OC[C@@H](O)COP(=O)(O)OC[C@@H](COC(=O)CCCCCCC)OC(=O)CCCCCCCCCC)OC(=O)CCCCCCCCCCC(C)C. The summed E-state index contributed by atoms with van der Waals surface area (Å²) in [7, 11) is -9.85. The van der Waals surface area contributed by atoms with Gasteiger partial charge in [0.1, 0.15) is 19.3 Å². The van der Waals surface area contributed by atoms with E-state index >= 15 is 0 Å². The van der Waals surface area contributed by atoms with Crippen molar-refractivity contribution in [1.82, 2.24) is 0 Å². The molecule has 0 fully saturated rings. The molecule has 2 unspecified atom stereocenters. The molecule has 5 atom stereocenters. The van der Waals surface area contributed by atoms with Crippen LogP contribution < -0.4 is 0 Å². The zero-order valence-corrected chi connectivity index (χ0v) is 48.0. The summed E-state index contributed by atoms with van der Waals surface area (Å²) >= 11 is 0. The van der Waals surface area contributed by atoms with Gasteiger partial charge in [-0.2, -0.15) is 0 Å². The Morgan fingerprint density at radius 1 is 0.370 bits per heavy atom. The van der Waals surface area contributed by atoms with Crippen LogP contribution >= 0.6 is 15.6 Å². The molecule has 0 aromatic carbocycles. The third kappa shape index (κ3) is 49.4. The van der Waals surface area contributed by atoms with Gasteiger partial charge < -0.3 is 33.8 Å². The van der Waals surface area contributed by atoms with E-state index in [-0.39, 0.29) is 25.7 Å². The Bertz CT molecular complexity index is 1450. The van der Waals surface area contributed by atoms with Crippen LogP contribution in [-0.2, 0) is 65.4 Å². The number of phosphoric acid groups is 2. The third-order valence-corrected chi connectivity index (χ3v) is 14.2. The Kier molecular flexibility index (Phi) is 47.1. The number of aliphatic hydroxyl groups excluding tert-OH is 1. The lowest BCUT2D eigenvalue weighted by Crippen LogP contribution is -2.30. The van der Waals surface area contributed by atoms with Gasteiger partial charge in [0.2, 0.25) is 0 Å². The maximum atomic E-state index is 12.9.